The van der Waals surface area contributed by atoms with Crippen molar-refractivity contribution in [3.63, 3.8) is 0 Å². The number of carbonyl (C=O) groups excluding carboxylic acids is 1. The van der Waals surface area contributed by atoms with Crippen molar-refractivity contribution in [3.05, 3.63) is 53.9 Å². The third-order valence-corrected chi connectivity index (χ3v) is 4.94. The highest BCUT2D eigenvalue weighted by Gasteiger charge is 2.18. The maximum Gasteiger partial charge on any atom is 0.248 e. The lowest BCUT2D eigenvalue weighted by molar-refractivity contribution is 0.100. The number of likely N-dealkylation sites (tertiary alicyclic amines) is 1. The predicted molar refractivity (Wildman–Crippen MR) is 106 cm³/mol. The SMILES string of the molecule is C.NC(=O)c1ccc(-c2c(CN3CCCCC3)[nH]c3ncccc23)cc1. The number of fused-ring (bicyclic) bond motifs is 1. The summed E-state index contributed by atoms with van der Waals surface area (Å²) < 4.78 is 0. The number of primary amides is 1. The first-order chi connectivity index (χ1) is 12.2. The Hall–Kier alpha value is -2.66. The van der Waals surface area contributed by atoms with Crippen molar-refractivity contribution >= 4 is 16.9 Å². The molecule has 3 N–H and O–H groups in total. The highest BCUT2D eigenvalue weighted by Crippen LogP contribution is 2.33. The van der Waals surface area contributed by atoms with Gasteiger partial charge in [-0.1, -0.05) is 26.0 Å². The molecule has 0 bridgehead atoms. The van der Waals surface area contributed by atoms with Crippen LogP contribution >= 0.6 is 0 Å². The van der Waals surface area contributed by atoms with Crippen molar-refractivity contribution in [3.8, 4) is 11.1 Å². The molecule has 5 heteroatoms. The number of nitrogens with zero attached hydrogens (tertiary/aromatic N) is 2. The van der Waals surface area contributed by atoms with Gasteiger partial charge in [0.15, 0.2) is 0 Å². The fourth-order valence-electron chi connectivity index (χ4n) is 3.67. The molecule has 1 aromatic carbocycles. The first-order valence-electron chi connectivity index (χ1n) is 8.80. The minimum absolute atomic E-state index is 0. The van der Waals surface area contributed by atoms with Gasteiger partial charge in [0.2, 0.25) is 5.91 Å². The van der Waals surface area contributed by atoms with Crippen LogP contribution < -0.4 is 5.73 Å². The van der Waals surface area contributed by atoms with Crippen LogP contribution in [0, 0.1) is 0 Å². The quantitative estimate of drug-likeness (QED) is 0.748. The van der Waals surface area contributed by atoms with Crippen LogP contribution in [0.5, 0.6) is 0 Å². The molecule has 3 aromatic rings. The monoisotopic (exact) mass is 350 g/mol. The number of nitrogens with two attached hydrogens (primary N) is 1. The van der Waals surface area contributed by atoms with Gasteiger partial charge >= 0.3 is 0 Å². The van der Waals surface area contributed by atoms with Gasteiger partial charge < -0.3 is 10.7 Å². The number of nitrogens with one attached hydrogen (secondary N) is 1. The first-order valence-corrected chi connectivity index (χ1v) is 8.80. The van der Waals surface area contributed by atoms with Gasteiger partial charge in [0, 0.05) is 34.9 Å². The number of carbonyl (C=O) groups is 1. The van der Waals surface area contributed by atoms with Crippen LogP contribution in [-0.2, 0) is 6.54 Å². The molecule has 4 rings (SSSR count). The third kappa shape index (κ3) is 3.48. The van der Waals surface area contributed by atoms with E-state index in [0.29, 0.717) is 5.56 Å². The Morgan fingerprint density at radius 3 is 2.54 bits per heavy atom. The fourth-order valence-corrected chi connectivity index (χ4v) is 3.67. The van der Waals surface area contributed by atoms with E-state index in [9.17, 15) is 4.79 Å². The lowest BCUT2D eigenvalue weighted by Crippen LogP contribution is -2.29. The number of amides is 1. The molecule has 0 radical (unpaired) electrons. The first kappa shape index (κ1) is 18.1. The molecule has 2 aromatic heterocycles. The number of hydrogen-bond acceptors (Lipinski definition) is 3. The molecule has 5 nitrogen and oxygen atoms in total. The highest BCUT2D eigenvalue weighted by molar-refractivity contribution is 5.97. The van der Waals surface area contributed by atoms with Crippen molar-refractivity contribution in [2.75, 3.05) is 13.1 Å². The zero-order chi connectivity index (χ0) is 17.2. The van der Waals surface area contributed by atoms with Crippen LogP contribution in [0.15, 0.2) is 42.6 Å². The minimum Gasteiger partial charge on any atom is -0.366 e. The molecule has 1 amide bonds. The van der Waals surface area contributed by atoms with Gasteiger partial charge in [0.05, 0.1) is 0 Å². The third-order valence-electron chi connectivity index (χ3n) is 4.94. The fraction of sp³-hybridized carbons (Fsp3) is 0.333. The second-order valence-corrected chi connectivity index (χ2v) is 6.66. The molecule has 0 unspecified atom stereocenters. The number of pyridine rings is 1. The Balaban J connectivity index is 0.00000196. The molecule has 0 spiro atoms. The summed E-state index contributed by atoms with van der Waals surface area (Å²) in [4.78, 5) is 21.8. The number of rotatable bonds is 4. The van der Waals surface area contributed by atoms with Gasteiger partial charge in [-0.05, 0) is 55.8 Å². The average molecular weight is 350 g/mol. The zero-order valence-corrected chi connectivity index (χ0v) is 14.2. The van der Waals surface area contributed by atoms with E-state index in [1.165, 1.54) is 30.5 Å². The molecular formula is C21H26N4O. The smallest absolute Gasteiger partial charge is 0.248 e. The van der Waals surface area contributed by atoms with Crippen molar-refractivity contribution in [2.45, 2.75) is 33.2 Å². The van der Waals surface area contributed by atoms with Crippen LogP contribution in [0.2, 0.25) is 0 Å². The summed E-state index contributed by atoms with van der Waals surface area (Å²) in [5, 5.41) is 1.11. The van der Waals surface area contributed by atoms with Crippen molar-refractivity contribution in [1.82, 2.24) is 14.9 Å². The average Bonchev–Trinajstić information content (AvgIpc) is 3.00. The highest BCUT2D eigenvalue weighted by atomic mass is 16.1. The van der Waals surface area contributed by atoms with Crippen molar-refractivity contribution in [2.24, 2.45) is 5.73 Å². The van der Waals surface area contributed by atoms with E-state index in [2.05, 4.69) is 20.9 Å². The number of piperidine rings is 1. The Morgan fingerprint density at radius 1 is 1.12 bits per heavy atom. The van der Waals surface area contributed by atoms with E-state index in [-0.39, 0.29) is 7.43 Å². The summed E-state index contributed by atoms with van der Waals surface area (Å²) in [6.07, 6.45) is 5.66. The molecule has 136 valence electrons. The van der Waals surface area contributed by atoms with E-state index in [0.717, 1.165) is 36.2 Å². The normalized spacial score (nSPS) is 14.9. The molecule has 1 saturated heterocycles. The van der Waals surface area contributed by atoms with Crippen molar-refractivity contribution in [1.29, 1.82) is 0 Å². The Labute approximate surface area is 154 Å². The second-order valence-electron chi connectivity index (χ2n) is 6.66. The van der Waals surface area contributed by atoms with Gasteiger partial charge in [0.1, 0.15) is 5.65 Å². The van der Waals surface area contributed by atoms with Gasteiger partial charge in [-0.3, -0.25) is 9.69 Å². The van der Waals surface area contributed by atoms with Gasteiger partial charge in [-0.15, -0.1) is 0 Å². The molecule has 3 heterocycles. The summed E-state index contributed by atoms with van der Waals surface area (Å²) in [7, 11) is 0. The largest absolute Gasteiger partial charge is 0.366 e. The zero-order valence-electron chi connectivity index (χ0n) is 14.2. The number of hydrogen-bond donors (Lipinski definition) is 2. The Morgan fingerprint density at radius 2 is 1.85 bits per heavy atom. The number of aromatic nitrogens is 2. The lowest BCUT2D eigenvalue weighted by Gasteiger charge is -2.26. The predicted octanol–water partition coefficient (Wildman–Crippen LogP) is 3.95. The summed E-state index contributed by atoms with van der Waals surface area (Å²) in [6.45, 7) is 3.18. The number of H-pyrrole nitrogens is 1. The van der Waals surface area contributed by atoms with Gasteiger partial charge in [-0.25, -0.2) is 4.98 Å². The van der Waals surface area contributed by atoms with E-state index >= 15 is 0 Å². The van der Waals surface area contributed by atoms with Crippen LogP contribution in [0.25, 0.3) is 22.2 Å². The molecule has 0 atom stereocenters. The molecule has 0 saturated carbocycles. The van der Waals surface area contributed by atoms with Gasteiger partial charge in [0.25, 0.3) is 0 Å². The Bertz CT molecular complexity index is 892. The molecule has 1 aliphatic heterocycles. The van der Waals surface area contributed by atoms with E-state index in [4.69, 9.17) is 5.73 Å². The molecule has 0 aliphatic carbocycles. The van der Waals surface area contributed by atoms with Crippen LogP contribution in [0.3, 0.4) is 0 Å². The Kier molecular flexibility index (Phi) is 5.38. The van der Waals surface area contributed by atoms with Crippen molar-refractivity contribution < 1.29 is 4.79 Å². The van der Waals surface area contributed by atoms with Crippen LogP contribution in [0.4, 0.5) is 0 Å². The maximum atomic E-state index is 11.3. The summed E-state index contributed by atoms with van der Waals surface area (Å²) in [5.41, 5.74) is 10.2. The number of aromatic amines is 1. The maximum absolute atomic E-state index is 11.3. The summed E-state index contributed by atoms with van der Waals surface area (Å²) in [5.74, 6) is -0.402. The van der Waals surface area contributed by atoms with E-state index in [1.54, 1.807) is 12.1 Å². The van der Waals surface area contributed by atoms with E-state index < -0.39 is 5.91 Å². The standard InChI is InChI=1S/C20H22N4O.CH4/c21-19(25)15-8-6-14(7-9-15)18-16-5-4-10-22-20(16)23-17(18)13-24-11-2-1-3-12-24;/h4-10H,1-3,11-13H2,(H2,21,25)(H,22,23);1H4. The summed E-state index contributed by atoms with van der Waals surface area (Å²) in [6, 6.07) is 11.6. The lowest BCUT2D eigenvalue weighted by atomic mass is 10.0. The topological polar surface area (TPSA) is 75.0 Å². The molecule has 1 aliphatic rings. The van der Waals surface area contributed by atoms with Gasteiger partial charge in [-0.2, -0.15) is 0 Å². The van der Waals surface area contributed by atoms with Crippen LogP contribution in [0.1, 0.15) is 42.7 Å². The minimum atomic E-state index is -0.402. The molecular weight excluding hydrogens is 324 g/mol. The van der Waals surface area contributed by atoms with Crippen LogP contribution in [-0.4, -0.2) is 33.9 Å². The second kappa shape index (κ2) is 7.70. The van der Waals surface area contributed by atoms with E-state index in [1.807, 2.05) is 24.4 Å². The molecule has 26 heavy (non-hydrogen) atoms. The summed E-state index contributed by atoms with van der Waals surface area (Å²) >= 11 is 0. The molecule has 1 fully saturated rings. The number of benzene rings is 1.